The highest BCUT2D eigenvalue weighted by Gasteiger charge is 2.63. The van der Waals surface area contributed by atoms with Gasteiger partial charge in [-0.3, -0.25) is 0 Å². The molecule has 0 amide bonds. The molecule has 0 bridgehead atoms. The van der Waals surface area contributed by atoms with Crippen LogP contribution in [-0.4, -0.2) is 37.6 Å². The summed E-state index contributed by atoms with van der Waals surface area (Å²) in [6, 6.07) is 8.99. The zero-order valence-electron chi connectivity index (χ0n) is 16.6. The first kappa shape index (κ1) is 21.7. The van der Waals surface area contributed by atoms with Crippen LogP contribution in [0.4, 0.5) is 0 Å². The normalized spacial score (nSPS) is 14.3. The minimum atomic E-state index is -1.35. The lowest BCUT2D eigenvalue weighted by Gasteiger charge is -2.61. The Morgan fingerprint density at radius 2 is 1.13 bits per heavy atom. The van der Waals surface area contributed by atoms with Crippen LogP contribution >= 0.6 is 21.8 Å². The molecule has 0 saturated carbocycles. The second kappa shape index (κ2) is 7.09. The fourth-order valence-corrected chi connectivity index (χ4v) is 65.3. The Hall–Kier alpha value is 0.618. The smallest absolute Gasteiger partial charge is 0.162 e. The predicted octanol–water partition coefficient (Wildman–Crippen LogP) is 5.70. The fraction of sp³-hybridized carbons (Fsp3) is 0.647. The molecule has 0 saturated heterocycles. The second-order valence-corrected chi connectivity index (χ2v) is 33.5. The zero-order chi connectivity index (χ0) is 18.3. The molecule has 131 valence electrons. The fourth-order valence-electron chi connectivity index (χ4n) is 5.32. The van der Waals surface area contributed by atoms with E-state index >= 15 is 0 Å². The number of hydrogen-bond acceptors (Lipinski definition) is 1. The summed E-state index contributed by atoms with van der Waals surface area (Å²) in [5.41, 5.74) is 0. The molecule has 23 heavy (non-hydrogen) atoms. The molecule has 0 atom stereocenters. The van der Waals surface area contributed by atoms with E-state index in [1.165, 1.54) is 0 Å². The SMILES string of the molecule is COc1ccc([Si](I)C([Si](C)(C)C)([Si](C)(C)C)[Si](C)(C)C)cc1. The van der Waals surface area contributed by atoms with Crippen LogP contribution in [0, 0.1) is 0 Å². The van der Waals surface area contributed by atoms with E-state index in [4.69, 9.17) is 4.74 Å². The van der Waals surface area contributed by atoms with Gasteiger partial charge in [-0.15, -0.1) is 21.8 Å². The van der Waals surface area contributed by atoms with Crippen molar-refractivity contribution < 1.29 is 4.74 Å². The number of rotatable bonds is 6. The van der Waals surface area contributed by atoms with E-state index in [2.05, 4.69) is 105 Å². The van der Waals surface area contributed by atoms with Crippen LogP contribution in [0.5, 0.6) is 5.75 Å². The summed E-state index contributed by atoms with van der Waals surface area (Å²) in [6.07, 6.45) is -0.662. The molecule has 0 heterocycles. The monoisotopic (exact) mass is 493 g/mol. The Morgan fingerprint density at radius 1 is 0.783 bits per heavy atom. The minimum absolute atomic E-state index is 0.632. The molecule has 0 aliphatic rings. The van der Waals surface area contributed by atoms with Crippen molar-refractivity contribution in [3.05, 3.63) is 24.3 Å². The van der Waals surface area contributed by atoms with Crippen molar-refractivity contribution in [2.75, 3.05) is 7.11 Å². The van der Waals surface area contributed by atoms with Crippen molar-refractivity contribution in [2.24, 2.45) is 0 Å². The van der Waals surface area contributed by atoms with Gasteiger partial charge in [-0.1, -0.05) is 71.1 Å². The Balaban J connectivity index is 3.62. The topological polar surface area (TPSA) is 9.23 Å². The van der Waals surface area contributed by atoms with Gasteiger partial charge >= 0.3 is 0 Å². The number of methoxy groups -OCH3 is 1. The van der Waals surface area contributed by atoms with Crippen molar-refractivity contribution in [2.45, 2.75) is 62.8 Å². The second-order valence-electron chi connectivity index (χ2n) is 9.54. The predicted molar refractivity (Wildman–Crippen MR) is 125 cm³/mol. The van der Waals surface area contributed by atoms with Crippen LogP contribution in [0.25, 0.3) is 0 Å². The number of hydrogen-bond donors (Lipinski definition) is 0. The van der Waals surface area contributed by atoms with Crippen molar-refractivity contribution in [3.63, 3.8) is 0 Å². The molecule has 0 fully saturated rings. The van der Waals surface area contributed by atoms with Crippen molar-refractivity contribution in [1.82, 2.24) is 0 Å². The van der Waals surface area contributed by atoms with Gasteiger partial charge in [0.2, 0.25) is 0 Å². The molecule has 1 aromatic carbocycles. The lowest BCUT2D eigenvalue weighted by molar-refractivity contribution is 0.415. The van der Waals surface area contributed by atoms with Crippen molar-refractivity contribution in [1.29, 1.82) is 0 Å². The Kier molecular flexibility index (Phi) is 6.67. The first-order chi connectivity index (χ1) is 10.2. The quantitative estimate of drug-likeness (QED) is 0.281. The van der Waals surface area contributed by atoms with Gasteiger partial charge in [0.05, 0.1) is 7.11 Å². The van der Waals surface area contributed by atoms with E-state index in [0.29, 0.717) is 3.91 Å². The summed E-state index contributed by atoms with van der Waals surface area (Å²) < 4.78 is 6.00. The summed E-state index contributed by atoms with van der Waals surface area (Å²) >= 11 is 2.89. The van der Waals surface area contributed by atoms with Crippen LogP contribution in [0.15, 0.2) is 24.3 Å². The standard InChI is InChI=1S/C17H34IOSi4/c1-19-15-11-13-16(14-12-15)20(18)17(21(2,3)4,22(5,6)7)23(8,9)10/h11-14H,1-10H3. The third kappa shape index (κ3) is 3.91. The number of benzene rings is 1. The van der Waals surface area contributed by atoms with Crippen molar-refractivity contribution >= 4 is 57.5 Å². The molecule has 1 radical (unpaired) electrons. The summed E-state index contributed by atoms with van der Waals surface area (Å²) in [7, 11) is -2.29. The largest absolute Gasteiger partial charge is 0.497 e. The minimum Gasteiger partial charge on any atom is -0.497 e. The molecule has 0 spiro atoms. The molecule has 0 N–H and O–H groups in total. The molecule has 1 aromatic rings. The van der Waals surface area contributed by atoms with Gasteiger partial charge in [-0.2, -0.15) is 0 Å². The van der Waals surface area contributed by atoms with Crippen LogP contribution in [0.3, 0.4) is 0 Å². The average Bonchev–Trinajstić information content (AvgIpc) is 2.34. The van der Waals surface area contributed by atoms with E-state index in [1.54, 1.807) is 12.3 Å². The Labute approximate surface area is 161 Å². The zero-order valence-corrected chi connectivity index (χ0v) is 22.8. The van der Waals surface area contributed by atoms with E-state index < -0.39 is 30.5 Å². The Bertz CT molecular complexity index is 487. The summed E-state index contributed by atoms with van der Waals surface area (Å²) in [4.78, 5) is 0. The molecule has 0 aliphatic heterocycles. The van der Waals surface area contributed by atoms with Gasteiger partial charge in [0.25, 0.3) is 0 Å². The Morgan fingerprint density at radius 3 is 1.39 bits per heavy atom. The third-order valence-corrected chi connectivity index (χ3v) is 44.7. The summed E-state index contributed by atoms with van der Waals surface area (Å²) in [5.74, 6) is 0.972. The van der Waals surface area contributed by atoms with Gasteiger partial charge in [0.15, 0.2) is 6.29 Å². The number of ether oxygens (including phenoxy) is 1. The van der Waals surface area contributed by atoms with Crippen LogP contribution in [-0.2, 0) is 0 Å². The molecule has 1 rings (SSSR count). The lowest BCUT2D eigenvalue weighted by Crippen LogP contribution is -2.73. The van der Waals surface area contributed by atoms with Crippen LogP contribution in [0.2, 0.25) is 62.8 Å². The average molecular weight is 494 g/mol. The summed E-state index contributed by atoms with van der Waals surface area (Å²) in [5, 5.41) is 1.59. The highest BCUT2D eigenvalue weighted by molar-refractivity contribution is 14.1. The van der Waals surface area contributed by atoms with Gasteiger partial charge in [-0.05, 0) is 21.2 Å². The van der Waals surface area contributed by atoms with Crippen LogP contribution < -0.4 is 9.92 Å². The highest BCUT2D eigenvalue weighted by Crippen LogP contribution is 2.56. The molecule has 1 nitrogen and oxygen atoms in total. The first-order valence-corrected chi connectivity index (χ1v) is 23.5. The lowest BCUT2D eigenvalue weighted by atomic mass is 10.3. The van der Waals surface area contributed by atoms with Gasteiger partial charge < -0.3 is 4.74 Å². The van der Waals surface area contributed by atoms with Crippen molar-refractivity contribution in [3.8, 4) is 5.75 Å². The highest BCUT2D eigenvalue weighted by atomic mass is 127. The number of halogens is 1. The van der Waals surface area contributed by atoms with E-state index in [1.807, 2.05) is 0 Å². The molecule has 0 aliphatic carbocycles. The summed E-state index contributed by atoms with van der Waals surface area (Å²) in [6.45, 7) is 23.7. The van der Waals surface area contributed by atoms with Gasteiger partial charge in [0, 0.05) is 24.2 Å². The molecular weight excluding hydrogens is 459 g/mol. The van der Waals surface area contributed by atoms with E-state index in [-0.39, 0.29) is 0 Å². The van der Waals surface area contributed by atoms with Gasteiger partial charge in [0.1, 0.15) is 5.75 Å². The molecule has 0 unspecified atom stereocenters. The van der Waals surface area contributed by atoms with E-state index in [0.717, 1.165) is 5.75 Å². The molecular formula is C17H34IOSi4. The maximum absolute atomic E-state index is 5.37. The molecule has 6 heteroatoms. The maximum Gasteiger partial charge on any atom is 0.162 e. The van der Waals surface area contributed by atoms with E-state index in [9.17, 15) is 0 Å². The first-order valence-electron chi connectivity index (χ1n) is 8.37. The van der Waals surface area contributed by atoms with Crippen LogP contribution in [0.1, 0.15) is 0 Å². The maximum atomic E-state index is 5.37. The third-order valence-electron chi connectivity index (χ3n) is 5.05. The molecule has 0 aromatic heterocycles. The van der Waals surface area contributed by atoms with Gasteiger partial charge in [-0.25, -0.2) is 0 Å².